The van der Waals surface area contributed by atoms with E-state index in [0.717, 1.165) is 27.3 Å². The van der Waals surface area contributed by atoms with Crippen LogP contribution in [0.15, 0.2) is 53.4 Å². The van der Waals surface area contributed by atoms with E-state index in [-0.39, 0.29) is 24.5 Å². The molecule has 2 aromatic rings. The Morgan fingerprint density at radius 3 is 2.24 bits per heavy atom. The Balaban J connectivity index is 1.75. The zero-order valence-electron chi connectivity index (χ0n) is 18.6. The molecule has 1 aliphatic heterocycles. The highest BCUT2D eigenvalue weighted by atomic mass is 35.5. The van der Waals surface area contributed by atoms with Crippen molar-refractivity contribution in [3.05, 3.63) is 53.6 Å². The molecule has 1 saturated heterocycles. The Kier molecular flexibility index (Phi) is 8.29. The Hall–Kier alpha value is -2.95. The molecule has 2 aromatic carbocycles. The lowest BCUT2D eigenvalue weighted by Gasteiger charge is -2.22. The van der Waals surface area contributed by atoms with Crippen LogP contribution in [0.3, 0.4) is 0 Å². The maximum atomic E-state index is 13.0. The first-order chi connectivity index (χ1) is 16.2. The Labute approximate surface area is 203 Å². The number of halogens is 1. The number of hydrogen-bond acceptors (Lipinski definition) is 6. The summed E-state index contributed by atoms with van der Waals surface area (Å²) in [5.74, 6) is -3.27. The van der Waals surface area contributed by atoms with Gasteiger partial charge in [0, 0.05) is 18.1 Å². The number of imide groups is 1. The zero-order chi connectivity index (χ0) is 24.9. The van der Waals surface area contributed by atoms with E-state index in [9.17, 15) is 22.8 Å². The van der Waals surface area contributed by atoms with Crippen molar-refractivity contribution in [2.75, 3.05) is 25.4 Å². The van der Waals surface area contributed by atoms with Crippen LogP contribution in [0.1, 0.15) is 19.8 Å². The van der Waals surface area contributed by atoms with Crippen LogP contribution >= 0.6 is 11.6 Å². The van der Waals surface area contributed by atoms with Crippen molar-refractivity contribution in [3.8, 4) is 11.1 Å². The fourth-order valence-electron chi connectivity index (χ4n) is 3.70. The normalized spacial score (nSPS) is 15.0. The Morgan fingerprint density at radius 1 is 1.09 bits per heavy atom. The first kappa shape index (κ1) is 25.7. The number of rotatable bonds is 10. The van der Waals surface area contributed by atoms with Crippen LogP contribution in [-0.2, 0) is 19.4 Å². The quantitative estimate of drug-likeness (QED) is 0.289. The van der Waals surface area contributed by atoms with Gasteiger partial charge in [-0.2, -0.15) is 0 Å². The molecule has 1 aliphatic rings. The van der Waals surface area contributed by atoms with Crippen LogP contribution in [0, 0.1) is 5.92 Å². The molecule has 1 atom stereocenters. The van der Waals surface area contributed by atoms with Gasteiger partial charge < -0.3 is 4.90 Å². The van der Waals surface area contributed by atoms with E-state index in [0.29, 0.717) is 11.4 Å². The third-order valence-electron chi connectivity index (χ3n) is 5.60. The second-order valence-corrected chi connectivity index (χ2v) is 10.5. The van der Waals surface area contributed by atoms with Crippen molar-refractivity contribution in [2.45, 2.75) is 24.7 Å². The van der Waals surface area contributed by atoms with Crippen molar-refractivity contribution in [2.24, 2.45) is 5.92 Å². The predicted molar refractivity (Wildman–Crippen MR) is 126 cm³/mol. The summed E-state index contributed by atoms with van der Waals surface area (Å²) >= 11 is 5.90. The van der Waals surface area contributed by atoms with Crippen LogP contribution < -0.4 is 5.48 Å². The average molecular weight is 508 g/mol. The minimum atomic E-state index is -3.95. The van der Waals surface area contributed by atoms with Gasteiger partial charge in [0.1, 0.15) is 6.54 Å². The number of unbranched alkanes of at least 4 members (excludes halogenated alkanes) is 1. The summed E-state index contributed by atoms with van der Waals surface area (Å²) in [7, 11) is -3.95. The molecular formula is C23H26ClN3O6S. The van der Waals surface area contributed by atoms with Crippen LogP contribution in [0.2, 0.25) is 5.02 Å². The SMILES string of the molecule is CCCCN1C(=O)CN(CC(CS(=O)(=O)c2ccc(-c3ccc(Cl)cc3)cc2)C(=O)NO)C1=O. The van der Waals surface area contributed by atoms with Gasteiger partial charge in [0.25, 0.3) is 0 Å². The lowest BCUT2D eigenvalue weighted by molar-refractivity contribution is -0.133. The Bertz CT molecular complexity index is 1150. The monoisotopic (exact) mass is 507 g/mol. The third-order valence-corrected chi connectivity index (χ3v) is 7.68. The van der Waals surface area contributed by atoms with Crippen LogP contribution in [0.25, 0.3) is 11.1 Å². The summed E-state index contributed by atoms with van der Waals surface area (Å²) in [5.41, 5.74) is 3.11. The molecule has 0 aliphatic carbocycles. The largest absolute Gasteiger partial charge is 0.327 e. The maximum Gasteiger partial charge on any atom is 0.327 e. The molecule has 34 heavy (non-hydrogen) atoms. The zero-order valence-corrected chi connectivity index (χ0v) is 20.2. The fraction of sp³-hybridized carbons (Fsp3) is 0.348. The summed E-state index contributed by atoms with van der Waals surface area (Å²) < 4.78 is 26.0. The molecule has 1 fully saturated rings. The van der Waals surface area contributed by atoms with Gasteiger partial charge in [-0.3, -0.25) is 19.7 Å². The standard InChI is InChI=1S/C23H26ClN3O6S/c1-2-3-12-27-21(28)14-26(23(27)30)13-18(22(29)25-31)15-34(32,33)20-10-6-17(7-11-20)16-4-8-19(24)9-5-16/h4-11,18,31H,2-3,12-15H2,1H3,(H,25,29). The molecule has 0 saturated carbocycles. The number of hydrogen-bond donors (Lipinski definition) is 2. The van der Waals surface area contributed by atoms with E-state index in [4.69, 9.17) is 16.8 Å². The van der Waals surface area contributed by atoms with Gasteiger partial charge in [0.05, 0.1) is 16.6 Å². The fourth-order valence-corrected chi connectivity index (χ4v) is 5.36. The molecule has 2 N–H and O–H groups in total. The van der Waals surface area contributed by atoms with Gasteiger partial charge in [-0.1, -0.05) is 49.2 Å². The van der Waals surface area contributed by atoms with Crippen molar-refractivity contribution in [3.63, 3.8) is 0 Å². The molecule has 1 heterocycles. The number of urea groups is 1. The maximum absolute atomic E-state index is 13.0. The third kappa shape index (κ3) is 5.94. The number of amides is 4. The molecule has 0 aromatic heterocycles. The minimum absolute atomic E-state index is 0.00523. The van der Waals surface area contributed by atoms with Crippen LogP contribution in [-0.4, -0.2) is 66.7 Å². The number of benzene rings is 2. The van der Waals surface area contributed by atoms with E-state index in [2.05, 4.69) is 0 Å². The second-order valence-electron chi connectivity index (χ2n) is 8.05. The molecule has 0 bridgehead atoms. The van der Waals surface area contributed by atoms with E-state index in [1.54, 1.807) is 24.3 Å². The van der Waals surface area contributed by atoms with Crippen molar-refractivity contribution in [1.82, 2.24) is 15.3 Å². The number of carbonyl (C=O) groups excluding carboxylic acids is 3. The molecule has 0 spiro atoms. The highest BCUT2D eigenvalue weighted by molar-refractivity contribution is 7.91. The minimum Gasteiger partial charge on any atom is -0.314 e. The summed E-state index contributed by atoms with van der Waals surface area (Å²) in [5, 5.41) is 9.72. The molecular weight excluding hydrogens is 482 g/mol. The lowest BCUT2D eigenvalue weighted by atomic mass is 10.1. The summed E-state index contributed by atoms with van der Waals surface area (Å²) in [6, 6.07) is 12.7. The number of hydroxylamine groups is 1. The summed E-state index contributed by atoms with van der Waals surface area (Å²) in [6.45, 7) is 1.63. The number of carbonyl (C=O) groups is 3. The van der Waals surface area contributed by atoms with Gasteiger partial charge >= 0.3 is 6.03 Å². The number of nitrogens with one attached hydrogen (secondary N) is 1. The number of sulfone groups is 1. The molecule has 182 valence electrons. The van der Waals surface area contributed by atoms with Gasteiger partial charge in [0.2, 0.25) is 11.8 Å². The van der Waals surface area contributed by atoms with Crippen molar-refractivity contribution in [1.29, 1.82) is 0 Å². The summed E-state index contributed by atoms with van der Waals surface area (Å²) in [4.78, 5) is 39.2. The lowest BCUT2D eigenvalue weighted by Crippen LogP contribution is -2.43. The average Bonchev–Trinajstić information content (AvgIpc) is 3.09. The molecule has 1 unspecified atom stereocenters. The van der Waals surface area contributed by atoms with Gasteiger partial charge in [-0.25, -0.2) is 18.7 Å². The highest BCUT2D eigenvalue weighted by Crippen LogP contribution is 2.24. The molecule has 9 nitrogen and oxygen atoms in total. The van der Waals surface area contributed by atoms with E-state index < -0.39 is 39.4 Å². The first-order valence-corrected chi connectivity index (χ1v) is 12.8. The van der Waals surface area contributed by atoms with Crippen LogP contribution in [0.5, 0.6) is 0 Å². The molecule has 0 radical (unpaired) electrons. The number of nitrogens with zero attached hydrogens (tertiary/aromatic N) is 2. The predicted octanol–water partition coefficient (Wildman–Crippen LogP) is 2.97. The topological polar surface area (TPSA) is 124 Å². The van der Waals surface area contributed by atoms with Crippen LogP contribution in [0.4, 0.5) is 4.79 Å². The van der Waals surface area contributed by atoms with E-state index >= 15 is 0 Å². The highest BCUT2D eigenvalue weighted by Gasteiger charge is 2.39. The smallest absolute Gasteiger partial charge is 0.314 e. The van der Waals surface area contributed by atoms with E-state index in [1.807, 2.05) is 19.1 Å². The second kappa shape index (κ2) is 11.0. The van der Waals surface area contributed by atoms with Gasteiger partial charge in [-0.05, 0) is 41.8 Å². The molecule has 11 heteroatoms. The molecule has 4 amide bonds. The van der Waals surface area contributed by atoms with Crippen molar-refractivity contribution >= 4 is 39.3 Å². The van der Waals surface area contributed by atoms with Crippen molar-refractivity contribution < 1.29 is 28.0 Å². The van der Waals surface area contributed by atoms with Gasteiger partial charge in [0.15, 0.2) is 9.84 Å². The summed E-state index contributed by atoms with van der Waals surface area (Å²) in [6.07, 6.45) is 1.44. The van der Waals surface area contributed by atoms with Gasteiger partial charge in [-0.15, -0.1) is 0 Å². The molecule has 3 rings (SSSR count). The van der Waals surface area contributed by atoms with E-state index in [1.165, 1.54) is 17.6 Å². The first-order valence-electron chi connectivity index (χ1n) is 10.8. The Morgan fingerprint density at radius 2 is 1.68 bits per heavy atom.